The topological polar surface area (TPSA) is 69.6 Å². The van der Waals surface area contributed by atoms with Crippen LogP contribution in [0.3, 0.4) is 0 Å². The van der Waals surface area contributed by atoms with Gasteiger partial charge in [0.2, 0.25) is 0 Å². The first kappa shape index (κ1) is 14.5. The van der Waals surface area contributed by atoms with Crippen LogP contribution >= 0.6 is 0 Å². The van der Waals surface area contributed by atoms with Gasteiger partial charge in [-0.1, -0.05) is 24.6 Å². The number of aliphatic carboxylic acids is 1. The summed E-state index contributed by atoms with van der Waals surface area (Å²) >= 11 is 0. The van der Waals surface area contributed by atoms with E-state index in [9.17, 15) is 9.59 Å². The number of piperidine rings is 1. The van der Waals surface area contributed by atoms with E-state index in [-0.39, 0.29) is 18.5 Å². The minimum atomic E-state index is -0.814. The van der Waals surface area contributed by atoms with E-state index in [2.05, 4.69) is 5.32 Å². The van der Waals surface area contributed by atoms with E-state index < -0.39 is 5.97 Å². The van der Waals surface area contributed by atoms with Gasteiger partial charge in [0.15, 0.2) is 0 Å². The lowest BCUT2D eigenvalue weighted by Gasteiger charge is -2.34. The van der Waals surface area contributed by atoms with Crippen molar-refractivity contribution in [2.45, 2.75) is 25.3 Å². The van der Waals surface area contributed by atoms with Gasteiger partial charge in [0.25, 0.3) is 5.91 Å². The summed E-state index contributed by atoms with van der Waals surface area (Å²) in [5.74, 6) is -0.919. The average Bonchev–Trinajstić information content (AvgIpc) is 2.46. The Labute approximate surface area is 118 Å². The second kappa shape index (κ2) is 7.05. The maximum Gasteiger partial charge on any atom is 0.317 e. The average molecular weight is 276 g/mol. The predicted molar refractivity (Wildman–Crippen MR) is 75.6 cm³/mol. The second-order valence-corrected chi connectivity index (χ2v) is 5.09. The van der Waals surface area contributed by atoms with Gasteiger partial charge in [-0.15, -0.1) is 0 Å². The molecular formula is C15H20N2O3. The maximum atomic E-state index is 12.0. The normalized spacial score (nSPS) is 19.5. The summed E-state index contributed by atoms with van der Waals surface area (Å²) in [6, 6.07) is 9.18. The molecule has 0 spiro atoms. The standard InChI is InChI=1S/C15H20N2O3/c18-14(19)11-17-9-5-4-8-13(17)10-16-15(20)12-6-2-1-3-7-12/h1-3,6-7,13H,4-5,8-11H2,(H,16,20)(H,18,19)/t13-/m1/s1. The molecular weight excluding hydrogens is 256 g/mol. The van der Waals surface area contributed by atoms with Crippen LogP contribution in [0.1, 0.15) is 29.6 Å². The molecule has 1 saturated heterocycles. The first-order valence-electron chi connectivity index (χ1n) is 6.96. The summed E-state index contributed by atoms with van der Waals surface area (Å²) in [6.07, 6.45) is 3.04. The van der Waals surface area contributed by atoms with E-state index >= 15 is 0 Å². The third kappa shape index (κ3) is 4.06. The van der Waals surface area contributed by atoms with Gasteiger partial charge in [0.05, 0.1) is 6.54 Å². The molecule has 2 rings (SSSR count). The fourth-order valence-electron chi connectivity index (χ4n) is 2.58. The van der Waals surface area contributed by atoms with Gasteiger partial charge in [-0.3, -0.25) is 14.5 Å². The van der Waals surface area contributed by atoms with Crippen molar-refractivity contribution >= 4 is 11.9 Å². The molecule has 0 bridgehead atoms. The molecule has 0 radical (unpaired) electrons. The Hall–Kier alpha value is -1.88. The Bertz CT molecular complexity index is 461. The largest absolute Gasteiger partial charge is 0.480 e. The first-order chi connectivity index (χ1) is 9.66. The van der Waals surface area contributed by atoms with Crippen LogP contribution in [0, 0.1) is 0 Å². The van der Waals surface area contributed by atoms with E-state index in [0.29, 0.717) is 12.1 Å². The highest BCUT2D eigenvalue weighted by Crippen LogP contribution is 2.16. The molecule has 1 fully saturated rings. The highest BCUT2D eigenvalue weighted by Gasteiger charge is 2.24. The molecule has 2 N–H and O–H groups in total. The van der Waals surface area contributed by atoms with Gasteiger partial charge in [-0.05, 0) is 31.5 Å². The third-order valence-corrected chi connectivity index (χ3v) is 3.62. The molecule has 0 aromatic heterocycles. The van der Waals surface area contributed by atoms with Gasteiger partial charge in [-0.25, -0.2) is 0 Å². The first-order valence-corrected chi connectivity index (χ1v) is 6.96. The highest BCUT2D eigenvalue weighted by atomic mass is 16.4. The minimum Gasteiger partial charge on any atom is -0.480 e. The van der Waals surface area contributed by atoms with E-state index in [1.165, 1.54) is 0 Å². The number of amides is 1. The molecule has 1 atom stereocenters. The molecule has 1 aliphatic rings. The molecule has 0 unspecified atom stereocenters. The number of carbonyl (C=O) groups is 2. The molecule has 1 amide bonds. The van der Waals surface area contributed by atoms with E-state index in [1.807, 2.05) is 23.1 Å². The molecule has 5 nitrogen and oxygen atoms in total. The van der Waals surface area contributed by atoms with Crippen molar-refractivity contribution < 1.29 is 14.7 Å². The molecule has 5 heteroatoms. The fraction of sp³-hybridized carbons (Fsp3) is 0.467. The Morgan fingerprint density at radius 1 is 1.25 bits per heavy atom. The van der Waals surface area contributed by atoms with Crippen molar-refractivity contribution in [2.24, 2.45) is 0 Å². The maximum absolute atomic E-state index is 12.0. The summed E-state index contributed by atoms with van der Waals surface area (Å²) in [5, 5.41) is 11.8. The van der Waals surface area contributed by atoms with Crippen molar-refractivity contribution in [1.82, 2.24) is 10.2 Å². The summed E-state index contributed by atoms with van der Waals surface area (Å²) in [4.78, 5) is 24.8. The van der Waals surface area contributed by atoms with Crippen LogP contribution in [0.4, 0.5) is 0 Å². The Morgan fingerprint density at radius 2 is 2.00 bits per heavy atom. The van der Waals surface area contributed by atoms with E-state index in [1.54, 1.807) is 12.1 Å². The summed E-state index contributed by atoms with van der Waals surface area (Å²) in [6.45, 7) is 1.34. The van der Waals surface area contributed by atoms with Crippen LogP contribution in [0.25, 0.3) is 0 Å². The van der Waals surface area contributed by atoms with Gasteiger partial charge in [-0.2, -0.15) is 0 Å². The van der Waals surface area contributed by atoms with Crippen LogP contribution < -0.4 is 5.32 Å². The number of carboxylic acids is 1. The summed E-state index contributed by atoms with van der Waals surface area (Å²) < 4.78 is 0. The predicted octanol–water partition coefficient (Wildman–Crippen LogP) is 1.36. The van der Waals surface area contributed by atoms with Crippen molar-refractivity contribution in [2.75, 3.05) is 19.6 Å². The number of likely N-dealkylation sites (tertiary alicyclic amines) is 1. The quantitative estimate of drug-likeness (QED) is 0.852. The van der Waals surface area contributed by atoms with Gasteiger partial charge < -0.3 is 10.4 Å². The molecule has 0 saturated carbocycles. The Morgan fingerprint density at radius 3 is 2.70 bits per heavy atom. The molecule has 20 heavy (non-hydrogen) atoms. The monoisotopic (exact) mass is 276 g/mol. The Kier molecular flexibility index (Phi) is 5.12. The summed E-state index contributed by atoms with van der Waals surface area (Å²) in [5.41, 5.74) is 0.632. The molecule has 0 aliphatic carbocycles. The number of nitrogens with zero attached hydrogens (tertiary/aromatic N) is 1. The van der Waals surface area contributed by atoms with Crippen molar-refractivity contribution in [3.63, 3.8) is 0 Å². The third-order valence-electron chi connectivity index (χ3n) is 3.62. The number of hydrogen-bond acceptors (Lipinski definition) is 3. The number of nitrogens with one attached hydrogen (secondary N) is 1. The lowest BCUT2D eigenvalue weighted by atomic mass is 10.0. The van der Waals surface area contributed by atoms with Gasteiger partial charge >= 0.3 is 5.97 Å². The number of benzene rings is 1. The van der Waals surface area contributed by atoms with Crippen LogP contribution in [0.2, 0.25) is 0 Å². The lowest BCUT2D eigenvalue weighted by molar-refractivity contribution is -0.139. The van der Waals surface area contributed by atoms with Crippen molar-refractivity contribution in [1.29, 1.82) is 0 Å². The van der Waals surface area contributed by atoms with Crippen LogP contribution in [0.15, 0.2) is 30.3 Å². The van der Waals surface area contributed by atoms with Crippen LogP contribution in [0.5, 0.6) is 0 Å². The summed E-state index contributed by atoms with van der Waals surface area (Å²) in [7, 11) is 0. The molecule has 1 aromatic carbocycles. The van der Waals surface area contributed by atoms with Gasteiger partial charge in [0.1, 0.15) is 0 Å². The highest BCUT2D eigenvalue weighted by molar-refractivity contribution is 5.94. The Balaban J connectivity index is 1.88. The lowest BCUT2D eigenvalue weighted by Crippen LogP contribution is -2.48. The zero-order valence-electron chi connectivity index (χ0n) is 11.4. The van der Waals surface area contributed by atoms with E-state index in [0.717, 1.165) is 25.8 Å². The SMILES string of the molecule is O=C(O)CN1CCCC[C@@H]1CNC(=O)c1ccccc1. The minimum absolute atomic E-state index is 0.0475. The smallest absolute Gasteiger partial charge is 0.317 e. The zero-order valence-corrected chi connectivity index (χ0v) is 11.4. The fourth-order valence-corrected chi connectivity index (χ4v) is 2.58. The zero-order chi connectivity index (χ0) is 14.4. The number of carboxylic acid groups (broad SMARTS) is 1. The number of carbonyl (C=O) groups excluding carboxylic acids is 1. The van der Waals surface area contributed by atoms with Crippen LogP contribution in [-0.2, 0) is 4.79 Å². The second-order valence-electron chi connectivity index (χ2n) is 5.09. The molecule has 1 heterocycles. The van der Waals surface area contributed by atoms with Crippen molar-refractivity contribution in [3.8, 4) is 0 Å². The van der Waals surface area contributed by atoms with Crippen molar-refractivity contribution in [3.05, 3.63) is 35.9 Å². The van der Waals surface area contributed by atoms with E-state index in [4.69, 9.17) is 5.11 Å². The molecule has 108 valence electrons. The van der Waals surface area contributed by atoms with Crippen LogP contribution in [-0.4, -0.2) is 47.6 Å². The number of rotatable bonds is 5. The molecule has 1 aromatic rings. The molecule has 1 aliphatic heterocycles. The van der Waals surface area contributed by atoms with Gasteiger partial charge in [0, 0.05) is 18.2 Å². The number of hydrogen-bond donors (Lipinski definition) is 2.